The van der Waals surface area contributed by atoms with Crippen molar-refractivity contribution >= 4 is 17.5 Å². The second-order valence-electron chi connectivity index (χ2n) is 8.52. The van der Waals surface area contributed by atoms with Crippen LogP contribution in [-0.2, 0) is 20.7 Å². The summed E-state index contributed by atoms with van der Waals surface area (Å²) in [5.74, 6) is 0.520. The fraction of sp³-hybridized carbons (Fsp3) is 0.652. The maximum atomic E-state index is 13.1. The number of hydrogen-bond acceptors (Lipinski definition) is 4. The molecular formula is C23H33N3O3. The molecular weight excluding hydrogens is 366 g/mol. The number of aryl methyl sites for hydroxylation is 1. The lowest BCUT2D eigenvalue weighted by atomic mass is 9.80. The minimum Gasteiger partial charge on any atom is -0.379 e. The number of carbonyl (C=O) groups excluding carboxylic acids is 2. The van der Waals surface area contributed by atoms with Gasteiger partial charge in [0.2, 0.25) is 11.8 Å². The van der Waals surface area contributed by atoms with E-state index in [9.17, 15) is 9.59 Å². The Kier molecular flexibility index (Phi) is 6.82. The molecule has 29 heavy (non-hydrogen) atoms. The van der Waals surface area contributed by atoms with Gasteiger partial charge in [0.05, 0.1) is 13.2 Å². The number of nitrogens with one attached hydrogen (secondary N) is 1. The zero-order chi connectivity index (χ0) is 20.1. The molecule has 0 bridgehead atoms. The molecule has 1 N–H and O–H groups in total. The third kappa shape index (κ3) is 4.98. The van der Waals surface area contributed by atoms with E-state index in [4.69, 9.17) is 4.74 Å². The summed E-state index contributed by atoms with van der Waals surface area (Å²) in [5.41, 5.74) is 2.37. The molecule has 6 heteroatoms. The van der Waals surface area contributed by atoms with E-state index in [-0.39, 0.29) is 23.7 Å². The van der Waals surface area contributed by atoms with Crippen LogP contribution in [0.1, 0.15) is 37.7 Å². The quantitative estimate of drug-likeness (QED) is 0.825. The van der Waals surface area contributed by atoms with Gasteiger partial charge in [-0.1, -0.05) is 18.2 Å². The Hall–Kier alpha value is -1.92. The molecule has 0 aromatic heterocycles. The van der Waals surface area contributed by atoms with Crippen molar-refractivity contribution in [2.24, 2.45) is 11.8 Å². The third-order valence-electron chi connectivity index (χ3n) is 6.65. The van der Waals surface area contributed by atoms with Crippen LogP contribution in [0.3, 0.4) is 0 Å². The standard InChI is InChI=1S/C23H33N3O3/c27-22(24-11-13-25-14-16-29-17-15-25)19-7-9-20(10-8-19)23(28)26-12-3-5-18-4-1-2-6-21(18)26/h1-2,4,6,19-20H,3,5,7-17H2,(H,24,27). The number of carbonyl (C=O) groups is 2. The monoisotopic (exact) mass is 399 g/mol. The Morgan fingerprint density at radius 3 is 2.52 bits per heavy atom. The number of fused-ring (bicyclic) bond motifs is 1. The van der Waals surface area contributed by atoms with Crippen molar-refractivity contribution in [1.29, 1.82) is 0 Å². The largest absolute Gasteiger partial charge is 0.379 e. The second-order valence-corrected chi connectivity index (χ2v) is 8.52. The smallest absolute Gasteiger partial charge is 0.230 e. The van der Waals surface area contributed by atoms with Gasteiger partial charge in [0, 0.05) is 50.2 Å². The highest BCUT2D eigenvalue weighted by molar-refractivity contribution is 5.96. The Morgan fingerprint density at radius 1 is 1.00 bits per heavy atom. The number of benzene rings is 1. The molecule has 158 valence electrons. The highest BCUT2D eigenvalue weighted by Crippen LogP contribution is 2.34. The minimum absolute atomic E-state index is 0.0531. The third-order valence-corrected chi connectivity index (χ3v) is 6.65. The van der Waals surface area contributed by atoms with E-state index in [0.29, 0.717) is 6.54 Å². The molecule has 3 aliphatic rings. The van der Waals surface area contributed by atoms with Gasteiger partial charge in [0.1, 0.15) is 0 Å². The lowest BCUT2D eigenvalue weighted by Crippen LogP contribution is -2.44. The van der Waals surface area contributed by atoms with Gasteiger partial charge < -0.3 is 15.0 Å². The molecule has 2 amide bonds. The van der Waals surface area contributed by atoms with E-state index in [1.54, 1.807) is 0 Å². The predicted molar refractivity (Wildman–Crippen MR) is 113 cm³/mol. The van der Waals surface area contributed by atoms with Crippen LogP contribution < -0.4 is 10.2 Å². The van der Waals surface area contributed by atoms with Gasteiger partial charge in [0.25, 0.3) is 0 Å². The van der Waals surface area contributed by atoms with Crippen molar-refractivity contribution in [2.75, 3.05) is 50.8 Å². The lowest BCUT2D eigenvalue weighted by Gasteiger charge is -2.35. The lowest BCUT2D eigenvalue weighted by molar-refractivity contribution is -0.129. The summed E-state index contributed by atoms with van der Waals surface area (Å²) in [5, 5.41) is 3.10. The zero-order valence-electron chi connectivity index (χ0n) is 17.3. The van der Waals surface area contributed by atoms with Crippen LogP contribution in [0.2, 0.25) is 0 Å². The molecule has 0 radical (unpaired) electrons. The van der Waals surface area contributed by atoms with Crippen molar-refractivity contribution < 1.29 is 14.3 Å². The predicted octanol–water partition coefficient (Wildman–Crippen LogP) is 2.22. The van der Waals surface area contributed by atoms with Crippen LogP contribution in [0, 0.1) is 11.8 Å². The first-order valence-corrected chi connectivity index (χ1v) is 11.2. The summed E-state index contributed by atoms with van der Waals surface area (Å²) in [6.45, 7) is 5.86. The summed E-state index contributed by atoms with van der Waals surface area (Å²) in [6.07, 6.45) is 5.35. The molecule has 1 saturated carbocycles. The second kappa shape index (κ2) is 9.72. The summed E-state index contributed by atoms with van der Waals surface area (Å²) < 4.78 is 5.35. The van der Waals surface area contributed by atoms with E-state index in [0.717, 1.165) is 83.6 Å². The van der Waals surface area contributed by atoms with Gasteiger partial charge in [0.15, 0.2) is 0 Å². The zero-order valence-corrected chi connectivity index (χ0v) is 17.3. The van der Waals surface area contributed by atoms with Gasteiger partial charge in [-0.05, 0) is 50.2 Å². The first-order valence-electron chi connectivity index (χ1n) is 11.2. The molecule has 1 aromatic carbocycles. The van der Waals surface area contributed by atoms with Gasteiger partial charge in [-0.15, -0.1) is 0 Å². The van der Waals surface area contributed by atoms with E-state index in [2.05, 4.69) is 28.4 Å². The Labute approximate surface area is 173 Å². The van der Waals surface area contributed by atoms with Gasteiger partial charge >= 0.3 is 0 Å². The van der Waals surface area contributed by atoms with Crippen LogP contribution >= 0.6 is 0 Å². The Balaban J connectivity index is 1.23. The van der Waals surface area contributed by atoms with Crippen LogP contribution in [-0.4, -0.2) is 62.7 Å². The average Bonchev–Trinajstić information content (AvgIpc) is 2.79. The summed E-state index contributed by atoms with van der Waals surface area (Å²) >= 11 is 0. The van der Waals surface area contributed by atoms with E-state index < -0.39 is 0 Å². The van der Waals surface area contributed by atoms with Crippen LogP contribution in [0.5, 0.6) is 0 Å². The molecule has 0 spiro atoms. The minimum atomic E-state index is 0.0531. The molecule has 1 aromatic rings. The Morgan fingerprint density at radius 2 is 1.72 bits per heavy atom. The normalized spacial score (nSPS) is 25.3. The summed E-state index contributed by atoms with van der Waals surface area (Å²) in [7, 11) is 0. The molecule has 1 saturated heterocycles. The molecule has 2 aliphatic heterocycles. The fourth-order valence-electron chi connectivity index (χ4n) is 4.89. The highest BCUT2D eigenvalue weighted by atomic mass is 16.5. The maximum Gasteiger partial charge on any atom is 0.230 e. The number of ether oxygens (including phenoxy) is 1. The number of nitrogens with zero attached hydrogens (tertiary/aromatic N) is 2. The number of amides is 2. The number of morpholine rings is 1. The fourth-order valence-corrected chi connectivity index (χ4v) is 4.89. The average molecular weight is 400 g/mol. The van der Waals surface area contributed by atoms with E-state index in [1.807, 2.05) is 11.0 Å². The number of hydrogen-bond donors (Lipinski definition) is 1. The van der Waals surface area contributed by atoms with Crippen LogP contribution in [0.15, 0.2) is 24.3 Å². The highest BCUT2D eigenvalue weighted by Gasteiger charge is 2.33. The molecule has 4 rings (SSSR count). The maximum absolute atomic E-state index is 13.1. The topological polar surface area (TPSA) is 61.9 Å². The molecule has 1 aliphatic carbocycles. The van der Waals surface area contributed by atoms with Crippen LogP contribution in [0.25, 0.3) is 0 Å². The van der Waals surface area contributed by atoms with E-state index >= 15 is 0 Å². The van der Waals surface area contributed by atoms with Gasteiger partial charge in [-0.2, -0.15) is 0 Å². The van der Waals surface area contributed by atoms with Crippen molar-refractivity contribution in [2.45, 2.75) is 38.5 Å². The number of anilines is 1. The first-order chi connectivity index (χ1) is 14.2. The summed E-state index contributed by atoms with van der Waals surface area (Å²) in [6, 6.07) is 8.27. The summed E-state index contributed by atoms with van der Waals surface area (Å²) in [4.78, 5) is 30.0. The number of rotatable bonds is 5. The van der Waals surface area contributed by atoms with Gasteiger partial charge in [-0.25, -0.2) is 0 Å². The van der Waals surface area contributed by atoms with Crippen molar-refractivity contribution in [3.8, 4) is 0 Å². The first kappa shape index (κ1) is 20.4. The molecule has 0 atom stereocenters. The number of para-hydroxylation sites is 1. The SMILES string of the molecule is O=C(NCCN1CCOCC1)C1CCC(C(=O)N2CCCc3ccccc32)CC1. The van der Waals surface area contributed by atoms with Gasteiger partial charge in [-0.3, -0.25) is 14.5 Å². The molecule has 6 nitrogen and oxygen atoms in total. The van der Waals surface area contributed by atoms with E-state index in [1.165, 1.54) is 5.56 Å². The van der Waals surface area contributed by atoms with Crippen molar-refractivity contribution in [1.82, 2.24) is 10.2 Å². The van der Waals surface area contributed by atoms with Crippen molar-refractivity contribution in [3.63, 3.8) is 0 Å². The molecule has 0 unspecified atom stereocenters. The van der Waals surface area contributed by atoms with Crippen LogP contribution in [0.4, 0.5) is 5.69 Å². The Bertz CT molecular complexity index is 709. The molecule has 2 heterocycles. The van der Waals surface area contributed by atoms with Crippen molar-refractivity contribution in [3.05, 3.63) is 29.8 Å². The molecule has 2 fully saturated rings.